The van der Waals surface area contributed by atoms with Gasteiger partial charge in [-0.3, -0.25) is 14.6 Å². The van der Waals surface area contributed by atoms with Crippen molar-refractivity contribution in [2.75, 3.05) is 24.3 Å². The van der Waals surface area contributed by atoms with Crippen LogP contribution >= 0.6 is 0 Å². The number of fused-ring (bicyclic) bond motifs is 1. The zero-order valence-corrected chi connectivity index (χ0v) is 18.4. The number of benzene rings is 1. The molecule has 1 aromatic carbocycles. The van der Waals surface area contributed by atoms with Crippen LogP contribution in [-0.4, -0.2) is 36.5 Å². The van der Waals surface area contributed by atoms with E-state index in [0.29, 0.717) is 23.5 Å². The van der Waals surface area contributed by atoms with Gasteiger partial charge >= 0.3 is 0 Å². The molecule has 6 nitrogen and oxygen atoms in total. The van der Waals surface area contributed by atoms with Crippen molar-refractivity contribution in [3.05, 3.63) is 65.5 Å². The molecule has 0 radical (unpaired) electrons. The van der Waals surface area contributed by atoms with Gasteiger partial charge in [0.25, 0.3) is 5.91 Å². The summed E-state index contributed by atoms with van der Waals surface area (Å²) < 4.78 is 0. The Morgan fingerprint density at radius 3 is 2.45 bits per heavy atom. The quantitative estimate of drug-likeness (QED) is 0.810. The molecule has 4 rings (SSSR count). The van der Waals surface area contributed by atoms with Crippen molar-refractivity contribution in [1.29, 1.82) is 0 Å². The number of hydrogen-bond acceptors (Lipinski definition) is 5. The van der Waals surface area contributed by atoms with E-state index < -0.39 is 5.92 Å². The SMILES string of the molecule is CC1=C(C(=O)Nc2ccccn2)[C@@H](c2ccc(N(C)C)cc2)C2C(=O)C[C@H](C)CC2=N1. The Morgan fingerprint density at radius 2 is 1.81 bits per heavy atom. The number of ketones is 1. The van der Waals surface area contributed by atoms with E-state index in [1.165, 1.54) is 0 Å². The summed E-state index contributed by atoms with van der Waals surface area (Å²) in [6.45, 7) is 3.95. The lowest BCUT2D eigenvalue weighted by Gasteiger charge is -2.37. The highest BCUT2D eigenvalue weighted by Crippen LogP contribution is 2.44. The van der Waals surface area contributed by atoms with Gasteiger partial charge in [0.1, 0.15) is 11.6 Å². The Kier molecular flexibility index (Phi) is 5.72. The molecule has 1 aromatic heterocycles. The molecule has 0 spiro atoms. The molecule has 0 saturated heterocycles. The van der Waals surface area contributed by atoms with Crippen LogP contribution in [0.2, 0.25) is 0 Å². The number of allylic oxidation sites excluding steroid dienone is 1. The number of carbonyl (C=O) groups is 2. The summed E-state index contributed by atoms with van der Waals surface area (Å²) in [5.41, 5.74) is 4.13. The van der Waals surface area contributed by atoms with Gasteiger partial charge in [-0.05, 0) is 49.1 Å². The van der Waals surface area contributed by atoms with Crippen LogP contribution < -0.4 is 10.2 Å². The molecule has 1 saturated carbocycles. The number of pyridine rings is 1. The summed E-state index contributed by atoms with van der Waals surface area (Å²) in [6.07, 6.45) is 2.94. The lowest BCUT2D eigenvalue weighted by Crippen LogP contribution is -2.41. The van der Waals surface area contributed by atoms with E-state index in [1.54, 1.807) is 18.3 Å². The molecule has 1 aliphatic heterocycles. The predicted molar refractivity (Wildman–Crippen MR) is 123 cm³/mol. The molecule has 1 amide bonds. The molecule has 1 aliphatic carbocycles. The number of hydrogen-bond donors (Lipinski definition) is 1. The monoisotopic (exact) mass is 416 g/mol. The highest BCUT2D eigenvalue weighted by Gasteiger charge is 2.44. The summed E-state index contributed by atoms with van der Waals surface area (Å²) in [5, 5.41) is 2.89. The summed E-state index contributed by atoms with van der Waals surface area (Å²) in [7, 11) is 3.98. The lowest BCUT2D eigenvalue weighted by atomic mass is 9.67. The van der Waals surface area contributed by atoms with E-state index in [9.17, 15) is 9.59 Å². The van der Waals surface area contributed by atoms with Gasteiger partial charge in [-0.15, -0.1) is 0 Å². The smallest absolute Gasteiger partial charge is 0.255 e. The average molecular weight is 417 g/mol. The lowest BCUT2D eigenvalue weighted by molar-refractivity contribution is -0.123. The van der Waals surface area contributed by atoms with Crippen molar-refractivity contribution in [2.24, 2.45) is 16.8 Å². The largest absolute Gasteiger partial charge is 0.378 e. The standard InChI is InChI=1S/C25H28N4O2/c1-15-13-19-24(20(30)14-15)23(17-8-10-18(11-9-17)29(3)4)22(16(2)27-19)25(31)28-21-7-5-6-12-26-21/h5-12,15,23-24H,13-14H2,1-4H3,(H,26,28,31)/t15-,23-,24?/m1/s1. The van der Waals surface area contributed by atoms with Crippen molar-refractivity contribution in [3.63, 3.8) is 0 Å². The van der Waals surface area contributed by atoms with Crippen LogP contribution in [0.15, 0.2) is 64.9 Å². The Balaban J connectivity index is 1.79. The molecule has 2 aromatic rings. The number of aromatic nitrogens is 1. The molecule has 1 N–H and O–H groups in total. The average Bonchev–Trinajstić information content (AvgIpc) is 2.73. The summed E-state index contributed by atoms with van der Waals surface area (Å²) in [5.74, 6) is -0.0900. The molecule has 6 heteroatoms. The van der Waals surface area contributed by atoms with Crippen LogP contribution in [-0.2, 0) is 9.59 Å². The molecular formula is C25H28N4O2. The van der Waals surface area contributed by atoms with Crippen molar-refractivity contribution in [1.82, 2.24) is 4.98 Å². The number of nitrogens with zero attached hydrogens (tertiary/aromatic N) is 3. The number of aliphatic imine (C=N–C) groups is 1. The Bertz CT molecular complexity index is 1050. The van der Waals surface area contributed by atoms with Gasteiger partial charge in [0.2, 0.25) is 0 Å². The van der Waals surface area contributed by atoms with Crippen molar-refractivity contribution < 1.29 is 9.59 Å². The predicted octanol–water partition coefficient (Wildman–Crippen LogP) is 4.21. The minimum atomic E-state index is -0.394. The third-order valence-electron chi connectivity index (χ3n) is 6.08. The summed E-state index contributed by atoms with van der Waals surface area (Å²) in [6, 6.07) is 13.5. The Morgan fingerprint density at radius 1 is 1.06 bits per heavy atom. The minimum Gasteiger partial charge on any atom is -0.378 e. The van der Waals surface area contributed by atoms with E-state index >= 15 is 0 Å². The van der Waals surface area contributed by atoms with Crippen LogP contribution in [0.5, 0.6) is 0 Å². The first-order valence-corrected chi connectivity index (χ1v) is 10.7. The number of rotatable bonds is 4. The normalized spacial score (nSPS) is 23.2. The maximum atomic E-state index is 13.4. The maximum absolute atomic E-state index is 13.4. The van der Waals surface area contributed by atoms with E-state index in [4.69, 9.17) is 4.99 Å². The first-order valence-electron chi connectivity index (χ1n) is 10.7. The highest BCUT2D eigenvalue weighted by atomic mass is 16.2. The zero-order chi connectivity index (χ0) is 22.1. The zero-order valence-electron chi connectivity index (χ0n) is 18.4. The summed E-state index contributed by atoms with van der Waals surface area (Å²) in [4.78, 5) is 37.6. The molecular weight excluding hydrogens is 388 g/mol. The molecule has 1 fully saturated rings. The minimum absolute atomic E-state index is 0.162. The second kappa shape index (κ2) is 8.46. The number of amides is 1. The van der Waals surface area contributed by atoms with Crippen molar-refractivity contribution >= 4 is 28.9 Å². The number of Topliss-reactive ketones (excluding diaryl/α,β-unsaturated/α-hetero) is 1. The highest BCUT2D eigenvalue weighted by molar-refractivity contribution is 6.14. The van der Waals surface area contributed by atoms with Gasteiger partial charge in [0.05, 0.1) is 5.92 Å². The fraction of sp³-hybridized carbons (Fsp3) is 0.360. The van der Waals surface area contributed by atoms with E-state index in [-0.39, 0.29) is 23.5 Å². The number of nitrogens with one attached hydrogen (secondary N) is 1. The topological polar surface area (TPSA) is 74.7 Å². The fourth-order valence-corrected chi connectivity index (χ4v) is 4.64. The first-order chi connectivity index (χ1) is 14.8. The van der Waals surface area contributed by atoms with Crippen LogP contribution in [0.1, 0.15) is 38.2 Å². The van der Waals surface area contributed by atoms with Crippen molar-refractivity contribution in [2.45, 2.75) is 32.6 Å². The van der Waals surface area contributed by atoms with Gasteiger partial charge in [0.15, 0.2) is 0 Å². The van der Waals surface area contributed by atoms with E-state index in [1.807, 2.05) is 56.3 Å². The molecule has 0 bridgehead atoms. The number of anilines is 2. The van der Waals surface area contributed by atoms with Gasteiger partial charge in [-0.25, -0.2) is 4.98 Å². The Labute approximate surface area is 183 Å². The molecule has 31 heavy (non-hydrogen) atoms. The van der Waals surface area contributed by atoms with Gasteiger partial charge in [-0.2, -0.15) is 0 Å². The summed E-state index contributed by atoms with van der Waals surface area (Å²) >= 11 is 0. The van der Waals surface area contributed by atoms with E-state index in [0.717, 1.165) is 23.4 Å². The number of carbonyl (C=O) groups excluding carboxylic acids is 2. The first kappa shape index (κ1) is 21.0. The van der Waals surface area contributed by atoms with Gasteiger partial charge in [-0.1, -0.05) is 25.1 Å². The van der Waals surface area contributed by atoms with Crippen LogP contribution in [0.4, 0.5) is 11.5 Å². The van der Waals surface area contributed by atoms with Crippen LogP contribution in [0, 0.1) is 11.8 Å². The van der Waals surface area contributed by atoms with Crippen LogP contribution in [0.25, 0.3) is 0 Å². The van der Waals surface area contributed by atoms with Gasteiger partial charge < -0.3 is 10.2 Å². The molecule has 160 valence electrons. The molecule has 1 unspecified atom stereocenters. The maximum Gasteiger partial charge on any atom is 0.255 e. The second-order valence-electron chi connectivity index (χ2n) is 8.69. The second-order valence-corrected chi connectivity index (χ2v) is 8.69. The molecule has 3 atom stereocenters. The molecule has 2 aliphatic rings. The van der Waals surface area contributed by atoms with E-state index in [2.05, 4.69) is 17.2 Å². The van der Waals surface area contributed by atoms with Crippen molar-refractivity contribution in [3.8, 4) is 0 Å². The molecule has 2 heterocycles. The third-order valence-corrected chi connectivity index (χ3v) is 6.08. The fourth-order valence-electron chi connectivity index (χ4n) is 4.64. The van der Waals surface area contributed by atoms with Gasteiger partial charge in [0, 0.05) is 55.3 Å². The third kappa shape index (κ3) is 4.15. The van der Waals surface area contributed by atoms with Crippen LogP contribution in [0.3, 0.4) is 0 Å². The Hall–Kier alpha value is -3.28.